The second-order valence-electron chi connectivity index (χ2n) is 10.00. The lowest BCUT2D eigenvalue weighted by molar-refractivity contribution is -0.137. The van der Waals surface area contributed by atoms with Crippen molar-refractivity contribution in [2.24, 2.45) is 0 Å². The van der Waals surface area contributed by atoms with Crippen LogP contribution in [0, 0.1) is 13.8 Å². The van der Waals surface area contributed by atoms with Crippen molar-refractivity contribution in [1.29, 1.82) is 0 Å². The Hall–Kier alpha value is -4.62. The number of benzene rings is 4. The summed E-state index contributed by atoms with van der Waals surface area (Å²) in [6, 6.07) is 20.8. The molecule has 8 heteroatoms. The lowest BCUT2D eigenvalue weighted by Gasteiger charge is -2.12. The molecule has 43 heavy (non-hydrogen) atoms. The van der Waals surface area contributed by atoms with Crippen molar-refractivity contribution in [3.8, 4) is 17.2 Å². The van der Waals surface area contributed by atoms with Crippen LogP contribution in [0.1, 0.15) is 57.5 Å². The second-order valence-corrected chi connectivity index (χ2v) is 10.4. The molecule has 0 atom stereocenters. The molecule has 0 unspecified atom stereocenters. The Morgan fingerprint density at radius 1 is 0.744 bits per heavy atom. The van der Waals surface area contributed by atoms with Gasteiger partial charge in [0.15, 0.2) is 0 Å². The average molecular weight is 601 g/mol. The maximum Gasteiger partial charge on any atom is 0.343 e. The van der Waals surface area contributed by atoms with Gasteiger partial charge < -0.3 is 18.9 Å². The van der Waals surface area contributed by atoms with E-state index in [1.807, 2.05) is 32.0 Å². The van der Waals surface area contributed by atoms with Crippen molar-refractivity contribution in [2.75, 3.05) is 13.2 Å². The minimum Gasteiger partial charge on any atom is -0.494 e. The summed E-state index contributed by atoms with van der Waals surface area (Å²) >= 11 is 6.36. The molecule has 4 rings (SSSR count). The number of aryl methyl sites for hydroxylation is 2. The van der Waals surface area contributed by atoms with E-state index in [9.17, 15) is 14.4 Å². The van der Waals surface area contributed by atoms with Gasteiger partial charge in [-0.3, -0.25) is 0 Å². The predicted molar refractivity (Wildman–Crippen MR) is 166 cm³/mol. The van der Waals surface area contributed by atoms with Crippen molar-refractivity contribution < 1.29 is 33.3 Å². The number of carbonyl (C=O) groups excluding carboxylic acids is 3. The fourth-order valence-electron chi connectivity index (χ4n) is 4.39. The van der Waals surface area contributed by atoms with Crippen LogP contribution in [-0.2, 0) is 9.53 Å². The number of hydrogen-bond acceptors (Lipinski definition) is 7. The molecule has 0 bridgehead atoms. The number of halogens is 1. The van der Waals surface area contributed by atoms with Gasteiger partial charge in [-0.05, 0) is 104 Å². The maximum atomic E-state index is 12.9. The summed E-state index contributed by atoms with van der Waals surface area (Å²) in [4.78, 5) is 36.6. The average Bonchev–Trinajstić information content (AvgIpc) is 3.00. The van der Waals surface area contributed by atoms with Crippen LogP contribution in [0.25, 0.3) is 10.8 Å². The van der Waals surface area contributed by atoms with Crippen molar-refractivity contribution in [3.05, 3.63) is 113 Å². The molecule has 4 aromatic rings. The first kappa shape index (κ1) is 31.3. The van der Waals surface area contributed by atoms with E-state index in [1.165, 1.54) is 18.2 Å². The summed E-state index contributed by atoms with van der Waals surface area (Å²) in [7, 11) is 0. The Kier molecular flexibility index (Phi) is 10.9. The zero-order chi connectivity index (χ0) is 30.8. The van der Waals surface area contributed by atoms with Gasteiger partial charge >= 0.3 is 17.9 Å². The van der Waals surface area contributed by atoms with Gasteiger partial charge in [-0.25, -0.2) is 14.4 Å². The van der Waals surface area contributed by atoms with Gasteiger partial charge in [0.1, 0.15) is 17.2 Å². The number of hydrogen-bond donors (Lipinski definition) is 0. The van der Waals surface area contributed by atoms with Gasteiger partial charge in [-0.2, -0.15) is 0 Å². The highest BCUT2D eigenvalue weighted by Crippen LogP contribution is 2.30. The summed E-state index contributed by atoms with van der Waals surface area (Å²) < 4.78 is 21.8. The molecule has 0 fully saturated rings. The van der Waals surface area contributed by atoms with Crippen LogP contribution < -0.4 is 14.2 Å². The van der Waals surface area contributed by atoms with Crippen molar-refractivity contribution in [2.45, 2.75) is 39.5 Å². The van der Waals surface area contributed by atoms with E-state index in [4.69, 9.17) is 30.5 Å². The van der Waals surface area contributed by atoms with E-state index in [-0.39, 0.29) is 16.3 Å². The van der Waals surface area contributed by atoms with Crippen molar-refractivity contribution in [1.82, 2.24) is 0 Å². The highest BCUT2D eigenvalue weighted by atomic mass is 35.5. The first-order valence-electron chi connectivity index (χ1n) is 14.0. The summed E-state index contributed by atoms with van der Waals surface area (Å²) in [5.74, 6) is -0.350. The molecule has 0 saturated heterocycles. The molecule has 222 valence electrons. The topological polar surface area (TPSA) is 88.1 Å². The van der Waals surface area contributed by atoms with E-state index in [0.29, 0.717) is 30.3 Å². The lowest BCUT2D eigenvalue weighted by atomic mass is 10.0. The van der Waals surface area contributed by atoms with Crippen LogP contribution in [0.15, 0.2) is 85.5 Å². The standard InChI is InChI=1S/C35H33ClO7/c1-4-33(37)41-20-8-6-5-7-19-40-28-14-10-25(11-15-28)34(38)43-32-18-13-27(22-30(32)36)35(39)42-31-17-12-26-21-23(2)9-16-29(26)24(31)3/h4,9-18,21-22H,1,5-8,19-20H2,2-3H3. The van der Waals surface area contributed by atoms with E-state index in [2.05, 4.69) is 12.6 Å². The van der Waals surface area contributed by atoms with Crippen LogP contribution >= 0.6 is 11.6 Å². The Bertz CT molecular complexity index is 1630. The summed E-state index contributed by atoms with van der Waals surface area (Å²) in [6.45, 7) is 8.21. The molecule has 0 amide bonds. The van der Waals surface area contributed by atoms with Crippen molar-refractivity contribution >= 4 is 40.3 Å². The van der Waals surface area contributed by atoms with Gasteiger partial charge in [-0.15, -0.1) is 0 Å². The molecule has 0 aliphatic carbocycles. The highest BCUT2D eigenvalue weighted by Gasteiger charge is 2.17. The Balaban J connectivity index is 1.26. The van der Waals surface area contributed by atoms with E-state index in [1.54, 1.807) is 30.3 Å². The lowest BCUT2D eigenvalue weighted by Crippen LogP contribution is -2.11. The van der Waals surface area contributed by atoms with Gasteiger partial charge in [0.2, 0.25) is 0 Å². The molecule has 7 nitrogen and oxygen atoms in total. The SMILES string of the molecule is C=CC(=O)OCCCCCCOc1ccc(C(=O)Oc2ccc(C(=O)Oc3ccc4cc(C)ccc4c3C)cc2Cl)cc1. The van der Waals surface area contributed by atoms with Crippen LogP contribution in [0.4, 0.5) is 0 Å². The van der Waals surface area contributed by atoms with Gasteiger partial charge in [0.05, 0.1) is 29.4 Å². The second kappa shape index (κ2) is 15.0. The number of esters is 3. The summed E-state index contributed by atoms with van der Waals surface area (Å²) in [5, 5.41) is 2.18. The molecule has 0 aromatic heterocycles. The van der Waals surface area contributed by atoms with Gasteiger partial charge in [-0.1, -0.05) is 48.0 Å². The Morgan fingerprint density at radius 3 is 2.12 bits per heavy atom. The molecule has 0 spiro atoms. The normalized spacial score (nSPS) is 10.7. The van der Waals surface area contributed by atoms with Crippen LogP contribution in [0.3, 0.4) is 0 Å². The van der Waals surface area contributed by atoms with Crippen molar-refractivity contribution in [3.63, 3.8) is 0 Å². The predicted octanol–water partition coefficient (Wildman–Crippen LogP) is 8.22. The minimum atomic E-state index is -0.594. The van der Waals surface area contributed by atoms with Gasteiger partial charge in [0, 0.05) is 6.08 Å². The number of unbranched alkanes of at least 4 members (excludes halogenated alkanes) is 3. The molecular formula is C35H33ClO7. The largest absolute Gasteiger partial charge is 0.494 e. The first-order valence-corrected chi connectivity index (χ1v) is 14.4. The number of ether oxygens (including phenoxy) is 4. The molecule has 0 saturated carbocycles. The summed E-state index contributed by atoms with van der Waals surface area (Å²) in [5.41, 5.74) is 2.56. The van der Waals surface area contributed by atoms with E-state index in [0.717, 1.165) is 53.7 Å². The third-order valence-electron chi connectivity index (χ3n) is 6.78. The Labute approximate surface area is 256 Å². The monoisotopic (exact) mass is 600 g/mol. The molecule has 4 aromatic carbocycles. The first-order chi connectivity index (χ1) is 20.7. The molecule has 0 aliphatic heterocycles. The molecule has 0 N–H and O–H groups in total. The fraction of sp³-hybridized carbons (Fsp3) is 0.229. The number of fused-ring (bicyclic) bond motifs is 1. The smallest absolute Gasteiger partial charge is 0.343 e. The molecular weight excluding hydrogens is 568 g/mol. The maximum absolute atomic E-state index is 12.9. The third-order valence-corrected chi connectivity index (χ3v) is 7.07. The minimum absolute atomic E-state index is 0.104. The van der Waals surface area contributed by atoms with Crippen LogP contribution in [0.2, 0.25) is 5.02 Å². The summed E-state index contributed by atoms with van der Waals surface area (Å²) in [6.07, 6.45) is 4.66. The number of rotatable bonds is 13. The van der Waals surface area contributed by atoms with Gasteiger partial charge in [0.25, 0.3) is 0 Å². The zero-order valence-corrected chi connectivity index (χ0v) is 24.9. The van der Waals surface area contributed by atoms with Crippen LogP contribution in [0.5, 0.6) is 17.2 Å². The molecule has 0 aliphatic rings. The Morgan fingerprint density at radius 2 is 1.40 bits per heavy atom. The quantitative estimate of drug-likeness (QED) is 0.0661. The van der Waals surface area contributed by atoms with E-state index >= 15 is 0 Å². The third kappa shape index (κ3) is 8.69. The van der Waals surface area contributed by atoms with E-state index < -0.39 is 17.9 Å². The van der Waals surface area contributed by atoms with Crippen LogP contribution in [-0.4, -0.2) is 31.1 Å². The highest BCUT2D eigenvalue weighted by molar-refractivity contribution is 6.32. The fourth-order valence-corrected chi connectivity index (χ4v) is 4.61. The molecule has 0 heterocycles. The molecule has 0 radical (unpaired) electrons. The number of carbonyl (C=O) groups is 3. The zero-order valence-electron chi connectivity index (χ0n) is 24.2.